The summed E-state index contributed by atoms with van der Waals surface area (Å²) < 4.78 is 37.4. The van der Waals surface area contributed by atoms with Gasteiger partial charge in [0.15, 0.2) is 0 Å². The van der Waals surface area contributed by atoms with Crippen molar-refractivity contribution >= 4 is 10.0 Å². The number of ether oxygens (including phenoxy) is 1. The first-order valence-corrected chi connectivity index (χ1v) is 10.3. The van der Waals surface area contributed by atoms with Crippen molar-refractivity contribution in [1.29, 1.82) is 0 Å². The first-order chi connectivity index (χ1) is 12.2. The van der Waals surface area contributed by atoms with Crippen LogP contribution in [0.4, 0.5) is 0 Å². The van der Waals surface area contributed by atoms with E-state index in [0.29, 0.717) is 41.9 Å². The Morgan fingerprint density at radius 1 is 1.35 bits per heavy atom. The summed E-state index contributed by atoms with van der Waals surface area (Å²) in [5, 5.41) is 8.61. The zero-order valence-electron chi connectivity index (χ0n) is 16.0. The lowest BCUT2D eigenvalue weighted by molar-refractivity contribution is -0.00261. The molecule has 2 aromatic rings. The Morgan fingerprint density at radius 3 is 2.69 bits per heavy atom. The number of nitrogens with zero attached hydrogens (tertiary/aromatic N) is 5. The molecule has 3 heterocycles. The summed E-state index contributed by atoms with van der Waals surface area (Å²) in [5.74, 6) is 0.391. The van der Waals surface area contributed by atoms with Gasteiger partial charge in [-0.1, -0.05) is 13.8 Å². The minimum absolute atomic E-state index is 0.280. The van der Waals surface area contributed by atoms with Gasteiger partial charge in [0.25, 0.3) is 0 Å². The van der Waals surface area contributed by atoms with Gasteiger partial charge < -0.3 is 4.74 Å². The highest BCUT2D eigenvalue weighted by atomic mass is 32.2. The van der Waals surface area contributed by atoms with E-state index in [4.69, 9.17) is 4.74 Å². The van der Waals surface area contributed by atoms with Crippen molar-refractivity contribution in [2.24, 2.45) is 13.0 Å². The summed E-state index contributed by atoms with van der Waals surface area (Å²) in [6.45, 7) is 9.44. The van der Waals surface area contributed by atoms with E-state index in [9.17, 15) is 8.42 Å². The number of aromatic nitrogens is 4. The summed E-state index contributed by atoms with van der Waals surface area (Å²) >= 11 is 0. The second-order valence-electron chi connectivity index (χ2n) is 7.25. The van der Waals surface area contributed by atoms with E-state index in [-0.39, 0.29) is 12.6 Å². The lowest BCUT2D eigenvalue weighted by atomic mass is 10.2. The zero-order chi connectivity index (χ0) is 19.1. The van der Waals surface area contributed by atoms with E-state index in [2.05, 4.69) is 24.0 Å². The smallest absolute Gasteiger partial charge is 0.246 e. The molecule has 1 fully saturated rings. The molecule has 0 radical (unpaired) electrons. The second-order valence-corrected chi connectivity index (χ2v) is 9.12. The monoisotopic (exact) mass is 381 g/mol. The van der Waals surface area contributed by atoms with Gasteiger partial charge in [-0.3, -0.25) is 9.36 Å². The summed E-state index contributed by atoms with van der Waals surface area (Å²) in [6, 6.07) is 0. The fraction of sp³-hybridized carbons (Fsp3) is 0.647. The topological polar surface area (TPSA) is 82.2 Å². The van der Waals surface area contributed by atoms with Crippen LogP contribution in [0, 0.1) is 19.8 Å². The van der Waals surface area contributed by atoms with Crippen molar-refractivity contribution in [3.63, 3.8) is 0 Å². The molecule has 0 saturated carbocycles. The van der Waals surface area contributed by atoms with Crippen molar-refractivity contribution in [2.75, 3.05) is 19.7 Å². The third-order valence-electron chi connectivity index (χ3n) is 4.58. The van der Waals surface area contributed by atoms with Crippen LogP contribution in [0.15, 0.2) is 17.3 Å². The Kier molecular flexibility index (Phi) is 5.23. The summed E-state index contributed by atoms with van der Waals surface area (Å²) in [6.07, 6.45) is 3.27. The second kappa shape index (κ2) is 7.13. The van der Waals surface area contributed by atoms with Gasteiger partial charge in [-0.25, -0.2) is 8.42 Å². The fourth-order valence-corrected chi connectivity index (χ4v) is 5.16. The average Bonchev–Trinajstić information content (AvgIpc) is 3.11. The molecule has 2 aromatic heterocycles. The molecular weight excluding hydrogens is 354 g/mol. The normalized spacial score (nSPS) is 19.4. The van der Waals surface area contributed by atoms with Crippen molar-refractivity contribution in [2.45, 2.75) is 45.2 Å². The average molecular weight is 382 g/mol. The van der Waals surface area contributed by atoms with Crippen LogP contribution < -0.4 is 0 Å². The molecule has 9 heteroatoms. The van der Waals surface area contributed by atoms with E-state index >= 15 is 0 Å². The predicted molar refractivity (Wildman–Crippen MR) is 97.2 cm³/mol. The van der Waals surface area contributed by atoms with E-state index in [1.165, 1.54) is 4.31 Å². The first-order valence-electron chi connectivity index (χ1n) is 8.84. The van der Waals surface area contributed by atoms with Crippen LogP contribution in [0.25, 0.3) is 0 Å². The van der Waals surface area contributed by atoms with Crippen LogP contribution in [0.2, 0.25) is 0 Å². The number of hydrogen-bond acceptors (Lipinski definition) is 5. The van der Waals surface area contributed by atoms with E-state index in [0.717, 1.165) is 5.56 Å². The van der Waals surface area contributed by atoms with Crippen molar-refractivity contribution in [3.05, 3.63) is 29.3 Å². The molecule has 0 amide bonds. The molecule has 1 aliphatic rings. The molecular formula is C17H27N5O3S. The molecule has 0 bridgehead atoms. The molecule has 26 heavy (non-hydrogen) atoms. The van der Waals surface area contributed by atoms with Gasteiger partial charge in [0.1, 0.15) is 4.90 Å². The Hall–Kier alpha value is -1.71. The van der Waals surface area contributed by atoms with Gasteiger partial charge in [0.05, 0.1) is 30.3 Å². The standard InChI is InChI=1S/C17H27N5O3S/c1-12(2)9-22-14(4)17(13(3)19-22)26(23,24)21-6-7-25-16(11-21)15-8-18-20(5)10-15/h8,10,12,16H,6-7,9,11H2,1-5H3. The SMILES string of the molecule is Cc1nn(CC(C)C)c(C)c1S(=O)(=O)N1CCOC(c2cnn(C)c2)C1. The van der Waals surface area contributed by atoms with Crippen LogP contribution in [0.5, 0.6) is 0 Å². The van der Waals surface area contributed by atoms with Crippen LogP contribution in [0.3, 0.4) is 0 Å². The Labute approximate surface area is 154 Å². The lowest BCUT2D eigenvalue weighted by Crippen LogP contribution is -2.42. The molecule has 3 rings (SSSR count). The number of hydrogen-bond donors (Lipinski definition) is 0. The van der Waals surface area contributed by atoms with E-state index < -0.39 is 10.0 Å². The molecule has 1 aliphatic heterocycles. The quantitative estimate of drug-likeness (QED) is 0.786. The van der Waals surface area contributed by atoms with Crippen LogP contribution >= 0.6 is 0 Å². The minimum Gasteiger partial charge on any atom is -0.371 e. The highest BCUT2D eigenvalue weighted by Crippen LogP contribution is 2.29. The van der Waals surface area contributed by atoms with Crippen molar-refractivity contribution in [3.8, 4) is 0 Å². The third-order valence-corrected chi connectivity index (χ3v) is 6.70. The van der Waals surface area contributed by atoms with Crippen LogP contribution in [-0.4, -0.2) is 52.0 Å². The van der Waals surface area contributed by atoms with E-state index in [1.54, 1.807) is 22.5 Å². The highest BCUT2D eigenvalue weighted by Gasteiger charge is 2.35. The summed E-state index contributed by atoms with van der Waals surface area (Å²) in [4.78, 5) is 0.324. The lowest BCUT2D eigenvalue weighted by Gasteiger charge is -2.31. The van der Waals surface area contributed by atoms with Crippen molar-refractivity contribution in [1.82, 2.24) is 23.9 Å². The maximum Gasteiger partial charge on any atom is 0.246 e. The summed E-state index contributed by atoms with van der Waals surface area (Å²) in [5.41, 5.74) is 2.13. The maximum absolute atomic E-state index is 13.3. The molecule has 0 spiro atoms. The predicted octanol–water partition coefficient (Wildman–Crippen LogP) is 1.65. The van der Waals surface area contributed by atoms with Gasteiger partial charge >= 0.3 is 0 Å². The maximum atomic E-state index is 13.3. The Morgan fingerprint density at radius 2 is 2.08 bits per heavy atom. The molecule has 144 valence electrons. The minimum atomic E-state index is -3.63. The van der Waals surface area contributed by atoms with Crippen LogP contribution in [0.1, 0.15) is 36.9 Å². The largest absolute Gasteiger partial charge is 0.371 e. The third kappa shape index (κ3) is 3.56. The van der Waals surface area contributed by atoms with Gasteiger partial charge in [0, 0.05) is 38.4 Å². The Balaban J connectivity index is 1.89. The number of rotatable bonds is 5. The van der Waals surface area contributed by atoms with Gasteiger partial charge in [-0.2, -0.15) is 14.5 Å². The van der Waals surface area contributed by atoms with E-state index in [1.807, 2.05) is 20.2 Å². The van der Waals surface area contributed by atoms with Gasteiger partial charge in [-0.15, -0.1) is 0 Å². The van der Waals surface area contributed by atoms with Crippen LogP contribution in [-0.2, 0) is 28.4 Å². The molecule has 0 aromatic carbocycles. The molecule has 1 saturated heterocycles. The molecule has 1 unspecified atom stereocenters. The molecule has 1 atom stereocenters. The highest BCUT2D eigenvalue weighted by molar-refractivity contribution is 7.89. The van der Waals surface area contributed by atoms with Crippen molar-refractivity contribution < 1.29 is 13.2 Å². The first kappa shape index (κ1) is 19.1. The molecule has 0 aliphatic carbocycles. The van der Waals surface area contributed by atoms with Gasteiger partial charge in [0.2, 0.25) is 10.0 Å². The fourth-order valence-electron chi connectivity index (χ4n) is 3.36. The number of morpholine rings is 1. The number of aryl methyl sites for hydroxylation is 2. The zero-order valence-corrected chi connectivity index (χ0v) is 16.8. The Bertz CT molecular complexity index is 884. The molecule has 0 N–H and O–H groups in total. The molecule has 8 nitrogen and oxygen atoms in total. The summed E-state index contributed by atoms with van der Waals surface area (Å²) in [7, 11) is -1.80. The number of sulfonamides is 1. The van der Waals surface area contributed by atoms with Gasteiger partial charge in [-0.05, 0) is 19.8 Å².